The number of rotatable bonds is 10. The maximum atomic E-state index is 12.5. The van der Waals surface area contributed by atoms with Crippen LogP contribution in [0.4, 0.5) is 0 Å². The molecule has 2 heterocycles. The summed E-state index contributed by atoms with van der Waals surface area (Å²) in [6.45, 7) is 9.84. The molecule has 2 aromatic rings. The zero-order valence-electron chi connectivity index (χ0n) is 17.2. The lowest BCUT2D eigenvalue weighted by molar-refractivity contribution is 0.162. The third-order valence-corrected chi connectivity index (χ3v) is 4.40. The van der Waals surface area contributed by atoms with Crippen LogP contribution in [0.25, 0.3) is 11.2 Å². The SMILES string of the molecule is C=CCCCCCCCn1c(=O)c2c(ncn2C)n(C)c1=O.CCOCC. The second-order valence-electron chi connectivity index (χ2n) is 6.45. The van der Waals surface area contributed by atoms with Crippen LogP contribution in [-0.2, 0) is 25.4 Å². The molecule has 0 saturated heterocycles. The Hall–Kier alpha value is -2.15. The molecule has 0 aromatic carbocycles. The summed E-state index contributed by atoms with van der Waals surface area (Å²) < 4.78 is 9.28. The van der Waals surface area contributed by atoms with Crippen molar-refractivity contribution in [3.63, 3.8) is 0 Å². The van der Waals surface area contributed by atoms with Gasteiger partial charge in [0.25, 0.3) is 5.56 Å². The minimum atomic E-state index is -0.289. The Morgan fingerprint density at radius 1 is 1.07 bits per heavy atom. The number of imidazole rings is 1. The Kier molecular flexibility index (Phi) is 10.4. The third kappa shape index (κ3) is 6.50. The van der Waals surface area contributed by atoms with Crippen molar-refractivity contribution in [2.24, 2.45) is 14.1 Å². The first-order chi connectivity index (χ1) is 13.0. The zero-order chi connectivity index (χ0) is 20.2. The molecule has 0 aliphatic carbocycles. The van der Waals surface area contributed by atoms with E-state index in [1.807, 2.05) is 19.9 Å². The van der Waals surface area contributed by atoms with Crippen molar-refractivity contribution < 1.29 is 4.74 Å². The molecule has 0 radical (unpaired) electrons. The van der Waals surface area contributed by atoms with Crippen molar-refractivity contribution >= 4 is 11.2 Å². The highest BCUT2D eigenvalue weighted by atomic mass is 16.5. The van der Waals surface area contributed by atoms with Crippen molar-refractivity contribution in [3.8, 4) is 0 Å². The van der Waals surface area contributed by atoms with Crippen molar-refractivity contribution in [2.45, 2.75) is 58.9 Å². The van der Waals surface area contributed by atoms with Crippen molar-refractivity contribution in [1.29, 1.82) is 0 Å². The van der Waals surface area contributed by atoms with E-state index in [0.29, 0.717) is 17.7 Å². The average Bonchev–Trinajstić information content (AvgIpc) is 3.04. The Bertz CT molecular complexity index is 815. The number of aromatic nitrogens is 4. The predicted octanol–water partition coefficient (Wildman–Crippen LogP) is 3.00. The maximum Gasteiger partial charge on any atom is 0.332 e. The van der Waals surface area contributed by atoms with Crippen molar-refractivity contribution in [1.82, 2.24) is 18.7 Å². The smallest absolute Gasteiger partial charge is 0.332 e. The quantitative estimate of drug-likeness (QED) is 0.471. The van der Waals surface area contributed by atoms with Gasteiger partial charge in [0.15, 0.2) is 11.2 Å². The predicted molar refractivity (Wildman–Crippen MR) is 110 cm³/mol. The van der Waals surface area contributed by atoms with E-state index in [9.17, 15) is 9.59 Å². The Labute approximate surface area is 161 Å². The molecule has 0 amide bonds. The van der Waals surface area contributed by atoms with E-state index in [0.717, 1.165) is 45.3 Å². The van der Waals surface area contributed by atoms with Crippen LogP contribution in [0.3, 0.4) is 0 Å². The van der Waals surface area contributed by atoms with Gasteiger partial charge in [-0.15, -0.1) is 6.58 Å². The summed E-state index contributed by atoms with van der Waals surface area (Å²) in [6, 6.07) is 0. The second kappa shape index (κ2) is 12.3. The molecule has 0 aliphatic heterocycles. The highest BCUT2D eigenvalue weighted by Crippen LogP contribution is 2.07. The van der Waals surface area contributed by atoms with Crippen LogP contribution in [0.1, 0.15) is 52.4 Å². The lowest BCUT2D eigenvalue weighted by Crippen LogP contribution is -2.39. The summed E-state index contributed by atoms with van der Waals surface area (Å²) in [4.78, 5) is 28.9. The Morgan fingerprint density at radius 3 is 2.30 bits per heavy atom. The first kappa shape index (κ1) is 22.9. The van der Waals surface area contributed by atoms with Gasteiger partial charge in [-0.25, -0.2) is 9.78 Å². The fraction of sp³-hybridized carbons (Fsp3) is 0.650. The molecule has 0 aliphatic rings. The first-order valence-electron chi connectivity index (χ1n) is 9.79. The van der Waals surface area contributed by atoms with Gasteiger partial charge >= 0.3 is 5.69 Å². The summed E-state index contributed by atoms with van der Waals surface area (Å²) in [5, 5.41) is 0. The number of nitrogens with zero attached hydrogens (tertiary/aromatic N) is 4. The zero-order valence-corrected chi connectivity index (χ0v) is 17.2. The van der Waals surface area contributed by atoms with E-state index in [1.54, 1.807) is 25.0 Å². The van der Waals surface area contributed by atoms with E-state index in [1.165, 1.54) is 15.6 Å². The van der Waals surface area contributed by atoms with Crippen LogP contribution in [-0.4, -0.2) is 31.9 Å². The number of hydrogen-bond donors (Lipinski definition) is 0. The third-order valence-electron chi connectivity index (χ3n) is 4.40. The van der Waals surface area contributed by atoms with Gasteiger partial charge in [0, 0.05) is 33.9 Å². The molecule has 2 aromatic heterocycles. The largest absolute Gasteiger partial charge is 0.382 e. The molecule has 0 saturated carbocycles. The molecule has 152 valence electrons. The van der Waals surface area contributed by atoms with Crippen LogP contribution in [0, 0.1) is 0 Å². The topological polar surface area (TPSA) is 71.0 Å². The maximum absolute atomic E-state index is 12.5. The van der Waals surface area contributed by atoms with E-state index in [4.69, 9.17) is 4.74 Å². The Morgan fingerprint density at radius 2 is 1.70 bits per heavy atom. The molecule has 0 N–H and O–H groups in total. The highest BCUT2D eigenvalue weighted by Gasteiger charge is 2.14. The van der Waals surface area contributed by atoms with Crippen molar-refractivity contribution in [3.05, 3.63) is 39.8 Å². The molecule has 0 fully saturated rings. The summed E-state index contributed by atoms with van der Waals surface area (Å²) in [6.07, 6.45) is 9.87. The van der Waals surface area contributed by atoms with Gasteiger partial charge in [0.05, 0.1) is 6.33 Å². The van der Waals surface area contributed by atoms with Gasteiger partial charge in [0.2, 0.25) is 0 Å². The van der Waals surface area contributed by atoms with E-state index in [2.05, 4.69) is 11.6 Å². The number of ether oxygens (including phenoxy) is 1. The van der Waals surface area contributed by atoms with E-state index >= 15 is 0 Å². The van der Waals surface area contributed by atoms with Crippen LogP contribution < -0.4 is 11.2 Å². The number of unbranched alkanes of at least 4 members (excludes halogenated alkanes) is 5. The second-order valence-corrected chi connectivity index (χ2v) is 6.45. The molecule has 0 spiro atoms. The van der Waals surface area contributed by atoms with Gasteiger partial charge < -0.3 is 9.30 Å². The molecule has 7 nitrogen and oxygen atoms in total. The van der Waals surface area contributed by atoms with E-state index < -0.39 is 0 Å². The van der Waals surface area contributed by atoms with Crippen LogP contribution in [0.5, 0.6) is 0 Å². The first-order valence-corrected chi connectivity index (χ1v) is 9.79. The van der Waals surface area contributed by atoms with Gasteiger partial charge in [-0.3, -0.25) is 13.9 Å². The minimum Gasteiger partial charge on any atom is -0.382 e. The molecule has 2 rings (SSSR count). The van der Waals surface area contributed by atoms with Gasteiger partial charge in [-0.1, -0.05) is 25.3 Å². The summed E-state index contributed by atoms with van der Waals surface area (Å²) >= 11 is 0. The average molecular weight is 379 g/mol. The molecule has 0 bridgehead atoms. The van der Waals surface area contributed by atoms with Crippen molar-refractivity contribution in [2.75, 3.05) is 13.2 Å². The summed E-state index contributed by atoms with van der Waals surface area (Å²) in [5.41, 5.74) is 0.388. The summed E-state index contributed by atoms with van der Waals surface area (Å²) in [5.74, 6) is 0. The molecule has 7 heteroatoms. The highest BCUT2D eigenvalue weighted by molar-refractivity contribution is 5.69. The lowest BCUT2D eigenvalue weighted by Gasteiger charge is -2.08. The normalized spacial score (nSPS) is 10.7. The fourth-order valence-corrected chi connectivity index (χ4v) is 2.89. The molecular weight excluding hydrogens is 344 g/mol. The number of hydrogen-bond acceptors (Lipinski definition) is 4. The molecule has 27 heavy (non-hydrogen) atoms. The minimum absolute atomic E-state index is 0.246. The molecule has 0 unspecified atom stereocenters. The fourth-order valence-electron chi connectivity index (χ4n) is 2.89. The Balaban J connectivity index is 0.000000646. The number of fused-ring (bicyclic) bond motifs is 1. The van der Waals surface area contributed by atoms with Crippen LogP contribution in [0.15, 0.2) is 28.6 Å². The van der Waals surface area contributed by atoms with Gasteiger partial charge in [0.1, 0.15) is 0 Å². The van der Waals surface area contributed by atoms with Gasteiger partial charge in [-0.05, 0) is 33.1 Å². The monoisotopic (exact) mass is 378 g/mol. The van der Waals surface area contributed by atoms with Crippen LogP contribution in [0.2, 0.25) is 0 Å². The molecule has 0 atom stereocenters. The number of aryl methyl sites for hydroxylation is 2. The lowest BCUT2D eigenvalue weighted by atomic mass is 10.1. The van der Waals surface area contributed by atoms with Crippen LogP contribution >= 0.6 is 0 Å². The molecular formula is C20H34N4O3. The number of allylic oxidation sites excluding steroid dienone is 1. The van der Waals surface area contributed by atoms with E-state index in [-0.39, 0.29) is 11.2 Å². The standard InChI is InChI=1S/C16H24N4O2.C4H10O/c1-4-5-6-7-8-9-10-11-20-15(21)13-14(17-12-18(13)2)19(3)16(20)22;1-3-5-4-2/h4,12H,1,5-11H2,2-3H3;3-4H2,1-2H3. The summed E-state index contributed by atoms with van der Waals surface area (Å²) in [7, 11) is 3.42. The van der Waals surface area contributed by atoms with Gasteiger partial charge in [-0.2, -0.15) is 0 Å².